The molecule has 0 spiro atoms. The minimum atomic E-state index is -0.00556. The van der Waals surface area contributed by atoms with Gasteiger partial charge in [0.05, 0.1) is 6.54 Å². The van der Waals surface area contributed by atoms with E-state index >= 15 is 0 Å². The summed E-state index contributed by atoms with van der Waals surface area (Å²) in [5, 5.41) is 6.06. The first-order chi connectivity index (χ1) is 13.4. The summed E-state index contributed by atoms with van der Waals surface area (Å²) in [5.74, 6) is 2.08. The van der Waals surface area contributed by atoms with Crippen LogP contribution in [0.3, 0.4) is 0 Å². The van der Waals surface area contributed by atoms with E-state index < -0.39 is 0 Å². The number of piperidine rings is 1. The molecule has 2 amide bonds. The van der Waals surface area contributed by atoms with Crippen LogP contribution in [0.5, 0.6) is 11.5 Å². The third kappa shape index (κ3) is 5.38. The first-order valence-corrected chi connectivity index (χ1v) is 10.1. The van der Waals surface area contributed by atoms with Crippen molar-refractivity contribution < 1.29 is 19.1 Å². The van der Waals surface area contributed by atoms with Crippen LogP contribution in [0.15, 0.2) is 18.2 Å². The number of nitrogens with one attached hydrogen (secondary N) is 2. The Labute approximate surface area is 166 Å². The Bertz CT molecular complexity index is 699. The molecule has 2 heterocycles. The van der Waals surface area contributed by atoms with Gasteiger partial charge >= 0.3 is 0 Å². The molecule has 28 heavy (non-hydrogen) atoms. The highest BCUT2D eigenvalue weighted by molar-refractivity contribution is 5.79. The van der Waals surface area contributed by atoms with E-state index in [-0.39, 0.29) is 30.6 Å². The first kappa shape index (κ1) is 20.5. The van der Waals surface area contributed by atoms with Gasteiger partial charge in [0.15, 0.2) is 11.5 Å². The van der Waals surface area contributed by atoms with Gasteiger partial charge in [0.2, 0.25) is 18.6 Å². The molecule has 1 aromatic rings. The van der Waals surface area contributed by atoms with Gasteiger partial charge in [-0.25, -0.2) is 0 Å². The fourth-order valence-corrected chi connectivity index (χ4v) is 3.37. The molecule has 3 rings (SSSR count). The van der Waals surface area contributed by atoms with Crippen LogP contribution in [0.4, 0.5) is 0 Å². The number of carbonyl (C=O) groups excluding carboxylic acids is 2. The molecular formula is C21H31N3O4. The quantitative estimate of drug-likeness (QED) is 0.745. The average Bonchev–Trinajstić information content (AvgIpc) is 3.14. The molecule has 1 unspecified atom stereocenters. The van der Waals surface area contributed by atoms with Crippen LogP contribution in [-0.4, -0.2) is 49.2 Å². The highest BCUT2D eigenvalue weighted by Crippen LogP contribution is 2.32. The Morgan fingerprint density at radius 2 is 1.86 bits per heavy atom. The summed E-state index contributed by atoms with van der Waals surface area (Å²) in [7, 11) is 0. The van der Waals surface area contributed by atoms with Crippen molar-refractivity contribution in [3.05, 3.63) is 23.8 Å². The van der Waals surface area contributed by atoms with Gasteiger partial charge in [0.1, 0.15) is 0 Å². The minimum absolute atomic E-state index is 0.00556. The number of hydrogen-bond donors (Lipinski definition) is 2. The summed E-state index contributed by atoms with van der Waals surface area (Å²) in [6.07, 6.45) is 1.60. The smallest absolute Gasteiger partial charge is 0.234 e. The van der Waals surface area contributed by atoms with E-state index in [2.05, 4.69) is 29.4 Å². The molecule has 1 aromatic carbocycles. The molecule has 0 aromatic heterocycles. The third-order valence-electron chi connectivity index (χ3n) is 5.62. The largest absolute Gasteiger partial charge is 0.454 e. The molecule has 2 N–H and O–H groups in total. The number of amides is 2. The Hall–Kier alpha value is -2.28. The highest BCUT2D eigenvalue weighted by Gasteiger charge is 2.27. The average molecular weight is 389 g/mol. The molecule has 1 atom stereocenters. The van der Waals surface area contributed by atoms with Crippen molar-refractivity contribution in [1.29, 1.82) is 0 Å². The Morgan fingerprint density at radius 1 is 1.14 bits per heavy atom. The molecule has 7 heteroatoms. The van der Waals surface area contributed by atoms with Gasteiger partial charge < -0.3 is 20.1 Å². The van der Waals surface area contributed by atoms with Crippen molar-refractivity contribution in [2.45, 2.75) is 46.2 Å². The monoisotopic (exact) mass is 389 g/mol. The molecule has 1 saturated heterocycles. The van der Waals surface area contributed by atoms with Crippen molar-refractivity contribution in [2.24, 2.45) is 11.8 Å². The lowest BCUT2D eigenvalue weighted by Gasteiger charge is -2.31. The fraction of sp³-hybridized carbons (Fsp3) is 0.619. The maximum absolute atomic E-state index is 12.4. The highest BCUT2D eigenvalue weighted by atomic mass is 16.7. The van der Waals surface area contributed by atoms with Gasteiger partial charge in [-0.1, -0.05) is 19.9 Å². The van der Waals surface area contributed by atoms with Crippen molar-refractivity contribution in [3.63, 3.8) is 0 Å². The van der Waals surface area contributed by atoms with E-state index in [1.54, 1.807) is 0 Å². The molecule has 2 aliphatic heterocycles. The van der Waals surface area contributed by atoms with Gasteiger partial charge in [0.25, 0.3) is 0 Å². The lowest BCUT2D eigenvalue weighted by Crippen LogP contribution is -2.46. The Balaban J connectivity index is 1.37. The van der Waals surface area contributed by atoms with Gasteiger partial charge in [-0.2, -0.15) is 0 Å². The van der Waals surface area contributed by atoms with Gasteiger partial charge in [-0.05, 0) is 56.5 Å². The number of fused-ring (bicyclic) bond motifs is 1. The molecule has 0 radical (unpaired) electrons. The Morgan fingerprint density at radius 3 is 2.57 bits per heavy atom. The summed E-state index contributed by atoms with van der Waals surface area (Å²) in [4.78, 5) is 26.7. The van der Waals surface area contributed by atoms with E-state index in [1.807, 2.05) is 25.1 Å². The van der Waals surface area contributed by atoms with Crippen LogP contribution in [0.25, 0.3) is 0 Å². The summed E-state index contributed by atoms with van der Waals surface area (Å²) in [6, 6.07) is 5.87. The van der Waals surface area contributed by atoms with Crippen LogP contribution in [0.1, 0.15) is 39.2 Å². The second-order valence-electron chi connectivity index (χ2n) is 8.06. The lowest BCUT2D eigenvalue weighted by atomic mass is 9.95. The third-order valence-corrected chi connectivity index (χ3v) is 5.62. The molecular weight excluding hydrogens is 358 g/mol. The number of ether oxygens (including phenoxy) is 2. The van der Waals surface area contributed by atoms with Gasteiger partial charge in [-0.15, -0.1) is 0 Å². The van der Waals surface area contributed by atoms with E-state index in [0.29, 0.717) is 19.0 Å². The molecule has 1 fully saturated rings. The van der Waals surface area contributed by atoms with Crippen LogP contribution in [-0.2, 0) is 16.1 Å². The van der Waals surface area contributed by atoms with Crippen LogP contribution in [0, 0.1) is 11.8 Å². The molecule has 0 bridgehead atoms. The normalized spacial score (nSPS) is 18.1. The summed E-state index contributed by atoms with van der Waals surface area (Å²) >= 11 is 0. The maximum atomic E-state index is 12.4. The number of hydrogen-bond acceptors (Lipinski definition) is 5. The molecule has 0 saturated carbocycles. The predicted octanol–water partition coefficient (Wildman–Crippen LogP) is 1.90. The van der Waals surface area contributed by atoms with Crippen LogP contribution >= 0.6 is 0 Å². The zero-order valence-corrected chi connectivity index (χ0v) is 17.0. The lowest BCUT2D eigenvalue weighted by molar-refractivity contribution is -0.127. The number of rotatable bonds is 7. The van der Waals surface area contributed by atoms with Crippen molar-refractivity contribution in [2.75, 3.05) is 26.4 Å². The Kier molecular flexibility index (Phi) is 6.78. The standard InChI is InChI=1S/C21H31N3O4/c1-14(2)15(3)23-21(26)17-6-8-24(9-7-17)12-20(25)22-11-16-4-5-18-19(10-16)28-13-27-18/h4-5,10,14-15,17H,6-9,11-13H2,1-3H3,(H,22,25)(H,23,26). The molecule has 2 aliphatic rings. The second-order valence-corrected chi connectivity index (χ2v) is 8.06. The van der Waals surface area contributed by atoms with E-state index in [1.165, 1.54) is 0 Å². The SMILES string of the molecule is CC(C)C(C)NC(=O)C1CCN(CC(=O)NCc2ccc3c(c2)OCO3)CC1. The van der Waals surface area contributed by atoms with Crippen molar-refractivity contribution >= 4 is 11.8 Å². The van der Waals surface area contributed by atoms with Crippen LogP contribution < -0.4 is 20.1 Å². The summed E-state index contributed by atoms with van der Waals surface area (Å²) in [6.45, 7) is 8.86. The first-order valence-electron chi connectivity index (χ1n) is 10.1. The molecule has 154 valence electrons. The second kappa shape index (κ2) is 9.28. The van der Waals surface area contributed by atoms with E-state index in [4.69, 9.17) is 9.47 Å². The molecule has 0 aliphatic carbocycles. The fourth-order valence-electron chi connectivity index (χ4n) is 3.37. The van der Waals surface area contributed by atoms with E-state index in [0.717, 1.165) is 43.0 Å². The zero-order valence-electron chi connectivity index (χ0n) is 17.0. The topological polar surface area (TPSA) is 79.9 Å². The number of nitrogens with zero attached hydrogens (tertiary/aromatic N) is 1. The predicted molar refractivity (Wildman–Crippen MR) is 106 cm³/mol. The van der Waals surface area contributed by atoms with Crippen molar-refractivity contribution in [1.82, 2.24) is 15.5 Å². The number of likely N-dealkylation sites (tertiary alicyclic amines) is 1. The minimum Gasteiger partial charge on any atom is -0.454 e. The number of benzene rings is 1. The molecule has 7 nitrogen and oxygen atoms in total. The summed E-state index contributed by atoms with van der Waals surface area (Å²) < 4.78 is 10.7. The number of carbonyl (C=O) groups is 2. The van der Waals surface area contributed by atoms with Crippen molar-refractivity contribution in [3.8, 4) is 11.5 Å². The zero-order chi connectivity index (χ0) is 20.1. The van der Waals surface area contributed by atoms with Gasteiger partial charge in [-0.3, -0.25) is 14.5 Å². The maximum Gasteiger partial charge on any atom is 0.234 e. The van der Waals surface area contributed by atoms with Gasteiger partial charge in [0, 0.05) is 18.5 Å². The summed E-state index contributed by atoms with van der Waals surface area (Å²) in [5.41, 5.74) is 0.979. The van der Waals surface area contributed by atoms with E-state index in [9.17, 15) is 9.59 Å². The van der Waals surface area contributed by atoms with Crippen LogP contribution in [0.2, 0.25) is 0 Å².